The molecule has 0 bridgehead atoms. The molecule has 0 aliphatic carbocycles. The molecule has 1 N–H and O–H groups in total. The van der Waals surface area contributed by atoms with Gasteiger partial charge in [-0.15, -0.1) is 0 Å². The second-order valence-corrected chi connectivity index (χ2v) is 4.87. The van der Waals surface area contributed by atoms with E-state index in [1.165, 1.54) is 5.56 Å². The summed E-state index contributed by atoms with van der Waals surface area (Å²) in [5.74, 6) is 0.810. The van der Waals surface area contributed by atoms with Crippen molar-refractivity contribution in [1.29, 1.82) is 0 Å². The lowest BCUT2D eigenvalue weighted by molar-refractivity contribution is 1.10. The number of anilines is 1. The van der Waals surface area contributed by atoms with E-state index in [1.807, 2.05) is 31.1 Å². The number of imidazole rings is 1. The molecule has 3 aromatic rings. The number of aryl methyl sites for hydroxylation is 1. The van der Waals surface area contributed by atoms with Gasteiger partial charge in [0, 0.05) is 20.3 Å². The number of hydrogen-bond donors (Lipinski definition) is 1. The van der Waals surface area contributed by atoms with Gasteiger partial charge in [0.25, 0.3) is 0 Å². The average molecular weight is 252 g/mol. The maximum atomic E-state index is 4.64. The molecule has 0 saturated heterocycles. The third kappa shape index (κ3) is 2.05. The lowest BCUT2D eigenvalue weighted by Crippen LogP contribution is -2.10. The second-order valence-electron chi connectivity index (χ2n) is 4.87. The topological polar surface area (TPSA) is 44.8 Å². The van der Waals surface area contributed by atoms with Crippen molar-refractivity contribution in [3.63, 3.8) is 0 Å². The zero-order valence-electron chi connectivity index (χ0n) is 11.3. The molecule has 2 heterocycles. The summed E-state index contributed by atoms with van der Waals surface area (Å²) < 4.78 is 0. The molecule has 3 rings (SSSR count). The van der Waals surface area contributed by atoms with Crippen molar-refractivity contribution in [3.8, 4) is 11.5 Å². The van der Waals surface area contributed by atoms with Crippen LogP contribution in [-0.2, 0) is 0 Å². The van der Waals surface area contributed by atoms with Crippen LogP contribution in [0.2, 0.25) is 0 Å². The Bertz CT molecular complexity index is 728. The number of aromatic amines is 1. The van der Waals surface area contributed by atoms with Crippen LogP contribution >= 0.6 is 0 Å². The molecule has 19 heavy (non-hydrogen) atoms. The van der Waals surface area contributed by atoms with Crippen molar-refractivity contribution in [1.82, 2.24) is 15.0 Å². The zero-order valence-corrected chi connectivity index (χ0v) is 11.3. The fourth-order valence-corrected chi connectivity index (χ4v) is 2.17. The Balaban J connectivity index is 2.19. The van der Waals surface area contributed by atoms with Crippen molar-refractivity contribution in [2.75, 3.05) is 19.0 Å². The molecule has 0 unspecified atom stereocenters. The van der Waals surface area contributed by atoms with Crippen LogP contribution in [0.3, 0.4) is 0 Å². The summed E-state index contributed by atoms with van der Waals surface area (Å²) in [6.45, 7) is 2.07. The van der Waals surface area contributed by atoms with E-state index in [2.05, 4.69) is 40.1 Å². The van der Waals surface area contributed by atoms with Gasteiger partial charge >= 0.3 is 0 Å². The SMILES string of the molecule is Cc1ccc2[nH]c(-c3ncccc3N(C)C)nc2c1. The molecule has 2 aromatic heterocycles. The number of aromatic nitrogens is 3. The lowest BCUT2D eigenvalue weighted by atomic mass is 10.2. The van der Waals surface area contributed by atoms with Crippen LogP contribution in [0.1, 0.15) is 5.56 Å². The smallest absolute Gasteiger partial charge is 0.159 e. The highest BCUT2D eigenvalue weighted by molar-refractivity contribution is 5.82. The van der Waals surface area contributed by atoms with Gasteiger partial charge in [0.1, 0.15) is 5.69 Å². The van der Waals surface area contributed by atoms with Crippen LogP contribution in [0.25, 0.3) is 22.6 Å². The van der Waals surface area contributed by atoms with Crippen LogP contribution < -0.4 is 4.90 Å². The van der Waals surface area contributed by atoms with Crippen molar-refractivity contribution >= 4 is 16.7 Å². The van der Waals surface area contributed by atoms with Crippen LogP contribution in [0, 0.1) is 6.92 Å². The predicted molar refractivity (Wildman–Crippen MR) is 78.4 cm³/mol. The summed E-state index contributed by atoms with van der Waals surface area (Å²) in [6, 6.07) is 10.2. The Hall–Kier alpha value is -2.36. The minimum absolute atomic E-state index is 0.810. The van der Waals surface area contributed by atoms with Crippen molar-refractivity contribution in [2.24, 2.45) is 0 Å². The summed E-state index contributed by atoms with van der Waals surface area (Å²) in [7, 11) is 4.01. The van der Waals surface area contributed by atoms with Gasteiger partial charge in [-0.1, -0.05) is 6.07 Å². The summed E-state index contributed by atoms with van der Waals surface area (Å²) in [5.41, 5.74) is 5.15. The molecule has 0 saturated carbocycles. The third-order valence-corrected chi connectivity index (χ3v) is 3.13. The predicted octanol–water partition coefficient (Wildman–Crippen LogP) is 3.00. The Morgan fingerprint density at radius 2 is 2.00 bits per heavy atom. The van der Waals surface area contributed by atoms with Crippen molar-refractivity contribution in [2.45, 2.75) is 6.92 Å². The molecule has 0 aliphatic heterocycles. The Morgan fingerprint density at radius 1 is 1.16 bits per heavy atom. The van der Waals surface area contributed by atoms with Crippen LogP contribution in [0.5, 0.6) is 0 Å². The van der Waals surface area contributed by atoms with Gasteiger partial charge in [0.05, 0.1) is 16.7 Å². The van der Waals surface area contributed by atoms with E-state index < -0.39 is 0 Å². The molecule has 0 spiro atoms. The highest BCUT2D eigenvalue weighted by atomic mass is 15.1. The lowest BCUT2D eigenvalue weighted by Gasteiger charge is -2.14. The molecule has 0 radical (unpaired) electrons. The minimum atomic E-state index is 0.810. The van der Waals surface area contributed by atoms with E-state index in [0.29, 0.717) is 0 Å². The number of H-pyrrole nitrogens is 1. The van der Waals surface area contributed by atoms with Gasteiger partial charge in [0.2, 0.25) is 0 Å². The number of nitrogens with zero attached hydrogens (tertiary/aromatic N) is 3. The van der Waals surface area contributed by atoms with Gasteiger partial charge < -0.3 is 9.88 Å². The molecule has 96 valence electrons. The van der Waals surface area contributed by atoms with Gasteiger partial charge in [-0.05, 0) is 36.8 Å². The highest BCUT2D eigenvalue weighted by Gasteiger charge is 2.12. The van der Waals surface area contributed by atoms with Crippen molar-refractivity contribution in [3.05, 3.63) is 42.1 Å². The quantitative estimate of drug-likeness (QED) is 0.762. The Labute approximate surface area is 112 Å². The number of nitrogens with one attached hydrogen (secondary N) is 1. The van der Waals surface area contributed by atoms with Gasteiger partial charge in [-0.3, -0.25) is 4.98 Å². The first-order valence-electron chi connectivity index (χ1n) is 6.24. The monoisotopic (exact) mass is 252 g/mol. The average Bonchev–Trinajstić information content (AvgIpc) is 2.81. The van der Waals surface area contributed by atoms with E-state index in [9.17, 15) is 0 Å². The summed E-state index contributed by atoms with van der Waals surface area (Å²) in [4.78, 5) is 14.5. The van der Waals surface area contributed by atoms with Crippen molar-refractivity contribution < 1.29 is 0 Å². The number of benzene rings is 1. The van der Waals surface area contributed by atoms with E-state index in [-0.39, 0.29) is 0 Å². The molecule has 0 aliphatic rings. The number of fused-ring (bicyclic) bond motifs is 1. The first kappa shape index (κ1) is 11.7. The maximum Gasteiger partial charge on any atom is 0.159 e. The Morgan fingerprint density at radius 3 is 2.79 bits per heavy atom. The molecule has 0 atom stereocenters. The van der Waals surface area contributed by atoms with E-state index in [0.717, 1.165) is 28.2 Å². The molecular weight excluding hydrogens is 236 g/mol. The normalized spacial score (nSPS) is 10.9. The standard InChI is InChI=1S/C15H16N4/c1-10-6-7-11-12(9-10)18-15(17-11)14-13(19(2)3)5-4-8-16-14/h4-9H,1-3H3,(H,17,18). The molecule has 0 fully saturated rings. The minimum Gasteiger partial charge on any atom is -0.376 e. The fraction of sp³-hybridized carbons (Fsp3) is 0.200. The van der Waals surface area contributed by atoms with E-state index >= 15 is 0 Å². The van der Waals surface area contributed by atoms with Gasteiger partial charge in [-0.25, -0.2) is 4.98 Å². The first-order chi connectivity index (χ1) is 9.15. The fourth-order valence-electron chi connectivity index (χ4n) is 2.17. The van der Waals surface area contributed by atoms with E-state index in [4.69, 9.17) is 0 Å². The maximum absolute atomic E-state index is 4.64. The molecular formula is C15H16N4. The molecule has 4 heteroatoms. The number of rotatable bonds is 2. The van der Waals surface area contributed by atoms with E-state index in [1.54, 1.807) is 6.20 Å². The Kier molecular flexibility index (Phi) is 2.71. The summed E-state index contributed by atoms with van der Waals surface area (Å²) in [5, 5.41) is 0. The van der Waals surface area contributed by atoms with Crippen LogP contribution in [-0.4, -0.2) is 29.0 Å². The summed E-state index contributed by atoms with van der Waals surface area (Å²) in [6.07, 6.45) is 1.79. The van der Waals surface area contributed by atoms with Gasteiger partial charge in [-0.2, -0.15) is 0 Å². The molecule has 4 nitrogen and oxygen atoms in total. The highest BCUT2D eigenvalue weighted by Crippen LogP contribution is 2.27. The molecule has 1 aromatic carbocycles. The number of pyridine rings is 1. The summed E-state index contributed by atoms with van der Waals surface area (Å²) >= 11 is 0. The first-order valence-corrected chi connectivity index (χ1v) is 6.24. The largest absolute Gasteiger partial charge is 0.376 e. The third-order valence-electron chi connectivity index (χ3n) is 3.13. The zero-order chi connectivity index (χ0) is 13.4. The second kappa shape index (κ2) is 4.39. The van der Waals surface area contributed by atoms with Crippen LogP contribution in [0.15, 0.2) is 36.5 Å². The number of hydrogen-bond acceptors (Lipinski definition) is 3. The van der Waals surface area contributed by atoms with Gasteiger partial charge in [0.15, 0.2) is 5.82 Å². The van der Waals surface area contributed by atoms with Crippen LogP contribution in [0.4, 0.5) is 5.69 Å². The molecule has 0 amide bonds.